The normalized spacial score (nSPS) is 44.6. The second-order valence-corrected chi connectivity index (χ2v) is 13.9. The van der Waals surface area contributed by atoms with Crippen molar-refractivity contribution in [1.29, 1.82) is 0 Å². The number of ether oxygens (including phenoxy) is 1. The van der Waals surface area contributed by atoms with Gasteiger partial charge < -0.3 is 9.84 Å². The standard InChI is InChI=1S/C31H52O3/c1-20(2)23-10-12-26-29(7)15-13-24(22(5)9-11-25(32)21(3)4)28(29,6)17-18-31(26)19-30(23,31)16-14-27(33)34-8/h20,22-26,32H,3,9-19H2,1-2,4-8H3/t22-,23+,24-,25?,26+,28-,29+,30?,31?/m1/s1. The van der Waals surface area contributed by atoms with Crippen LogP contribution in [0.3, 0.4) is 0 Å². The maximum atomic E-state index is 12.2. The summed E-state index contributed by atoms with van der Waals surface area (Å²) in [6.45, 7) is 18.5. The molecular formula is C31H52O3. The Balaban J connectivity index is 1.57. The van der Waals surface area contributed by atoms with Crippen molar-refractivity contribution >= 4 is 5.97 Å². The fraction of sp³-hybridized carbons (Fsp3) is 0.903. The quantitative estimate of drug-likeness (QED) is 0.278. The van der Waals surface area contributed by atoms with Crippen LogP contribution in [0.4, 0.5) is 0 Å². The van der Waals surface area contributed by atoms with Gasteiger partial charge in [-0.3, -0.25) is 4.79 Å². The zero-order valence-corrected chi connectivity index (χ0v) is 23.2. The fourth-order valence-corrected chi connectivity index (χ4v) is 10.5. The van der Waals surface area contributed by atoms with E-state index in [2.05, 4.69) is 41.2 Å². The van der Waals surface area contributed by atoms with Crippen molar-refractivity contribution in [1.82, 2.24) is 0 Å². The first-order valence-electron chi connectivity index (χ1n) is 14.3. The van der Waals surface area contributed by atoms with Crippen LogP contribution in [0.15, 0.2) is 12.2 Å². The van der Waals surface area contributed by atoms with E-state index in [-0.39, 0.29) is 12.1 Å². The van der Waals surface area contributed by atoms with Gasteiger partial charge in [0.25, 0.3) is 0 Å². The number of aliphatic hydroxyl groups is 1. The van der Waals surface area contributed by atoms with Crippen LogP contribution in [0, 0.1) is 51.2 Å². The van der Waals surface area contributed by atoms with Gasteiger partial charge in [-0.2, -0.15) is 0 Å². The van der Waals surface area contributed by atoms with E-state index in [0.29, 0.717) is 39.9 Å². The predicted molar refractivity (Wildman–Crippen MR) is 139 cm³/mol. The third-order valence-electron chi connectivity index (χ3n) is 12.6. The summed E-state index contributed by atoms with van der Waals surface area (Å²) in [6.07, 6.45) is 12.7. The van der Waals surface area contributed by atoms with Crippen LogP contribution in [0.1, 0.15) is 112 Å². The minimum absolute atomic E-state index is 0.0281. The lowest BCUT2D eigenvalue weighted by atomic mass is 9.43. The minimum atomic E-state index is -0.356. The van der Waals surface area contributed by atoms with Crippen molar-refractivity contribution in [3.8, 4) is 0 Å². The predicted octanol–water partition coefficient (Wildman–Crippen LogP) is 7.57. The second kappa shape index (κ2) is 8.93. The molecule has 4 rings (SSSR count). The van der Waals surface area contributed by atoms with E-state index < -0.39 is 0 Å². The zero-order chi connectivity index (χ0) is 25.1. The average Bonchev–Trinajstić information content (AvgIpc) is 3.38. The zero-order valence-electron chi connectivity index (χ0n) is 23.2. The number of fused-ring (bicyclic) bond motifs is 2. The molecule has 0 saturated heterocycles. The van der Waals surface area contributed by atoms with Crippen molar-refractivity contribution in [3.63, 3.8) is 0 Å². The highest BCUT2D eigenvalue weighted by atomic mass is 16.5. The lowest BCUT2D eigenvalue weighted by molar-refractivity contribution is -0.144. The van der Waals surface area contributed by atoms with E-state index >= 15 is 0 Å². The average molecular weight is 473 g/mol. The van der Waals surface area contributed by atoms with Gasteiger partial charge >= 0.3 is 5.97 Å². The first-order chi connectivity index (χ1) is 15.9. The second-order valence-electron chi connectivity index (χ2n) is 13.9. The van der Waals surface area contributed by atoms with Gasteiger partial charge in [-0.25, -0.2) is 0 Å². The summed E-state index contributed by atoms with van der Waals surface area (Å²) < 4.78 is 5.07. The molecule has 3 unspecified atom stereocenters. The summed E-state index contributed by atoms with van der Waals surface area (Å²) in [4.78, 5) is 12.2. The Labute approximate surface area is 209 Å². The molecule has 1 spiro atoms. The number of hydrogen-bond acceptors (Lipinski definition) is 3. The Morgan fingerprint density at radius 3 is 2.35 bits per heavy atom. The molecule has 1 N–H and O–H groups in total. The van der Waals surface area contributed by atoms with Crippen LogP contribution in [0.5, 0.6) is 0 Å². The molecule has 4 fully saturated rings. The summed E-state index contributed by atoms with van der Waals surface area (Å²) in [7, 11) is 1.54. The van der Waals surface area contributed by atoms with Crippen LogP contribution in [-0.4, -0.2) is 24.3 Å². The van der Waals surface area contributed by atoms with E-state index in [4.69, 9.17) is 4.74 Å². The molecule has 0 aromatic rings. The minimum Gasteiger partial charge on any atom is -0.469 e. The molecule has 0 aromatic heterocycles. The van der Waals surface area contributed by atoms with Gasteiger partial charge in [-0.15, -0.1) is 0 Å². The highest BCUT2D eigenvalue weighted by Gasteiger charge is 2.80. The van der Waals surface area contributed by atoms with E-state index in [0.717, 1.165) is 42.6 Å². The molecule has 4 aliphatic rings. The van der Waals surface area contributed by atoms with Crippen LogP contribution >= 0.6 is 0 Å². The molecule has 3 nitrogen and oxygen atoms in total. The van der Waals surface area contributed by atoms with Crippen molar-refractivity contribution in [3.05, 3.63) is 12.2 Å². The summed E-state index contributed by atoms with van der Waals surface area (Å²) >= 11 is 0. The van der Waals surface area contributed by atoms with E-state index in [1.807, 2.05) is 6.92 Å². The van der Waals surface area contributed by atoms with E-state index in [1.165, 1.54) is 52.1 Å². The molecule has 0 bridgehead atoms. The summed E-state index contributed by atoms with van der Waals surface area (Å²) in [6, 6.07) is 0. The Morgan fingerprint density at radius 2 is 1.74 bits per heavy atom. The van der Waals surface area contributed by atoms with E-state index in [9.17, 15) is 9.90 Å². The molecule has 0 aromatic carbocycles. The number of carbonyl (C=O) groups excluding carboxylic acids is 1. The number of esters is 1. The summed E-state index contributed by atoms with van der Waals surface area (Å²) in [5.74, 6) is 3.60. The largest absolute Gasteiger partial charge is 0.469 e. The SMILES string of the molecule is C=C(C)C(O)CC[C@@H](C)[C@H]1CC[C@@]2(C)[C@@H]3CC[C@@H](C(C)C)C4(CCC(=O)OC)CC34CC[C@]12C. The third-order valence-corrected chi connectivity index (χ3v) is 12.6. The van der Waals surface area contributed by atoms with Gasteiger partial charge in [0.15, 0.2) is 0 Å². The highest BCUT2D eigenvalue weighted by Crippen LogP contribution is 2.87. The van der Waals surface area contributed by atoms with Gasteiger partial charge in [0.1, 0.15) is 0 Å². The number of rotatable bonds is 9. The number of methoxy groups -OCH3 is 1. The molecule has 0 heterocycles. The lowest BCUT2D eigenvalue weighted by Crippen LogP contribution is -2.54. The van der Waals surface area contributed by atoms with Crippen molar-refractivity contribution < 1.29 is 14.6 Å². The molecule has 194 valence electrons. The lowest BCUT2D eigenvalue weighted by Gasteiger charge is -2.61. The topological polar surface area (TPSA) is 46.5 Å². The number of carbonyl (C=O) groups is 1. The molecular weight excluding hydrogens is 420 g/mol. The molecule has 0 radical (unpaired) electrons. The number of aliphatic hydroxyl groups excluding tert-OH is 1. The Bertz CT molecular complexity index is 802. The molecule has 0 amide bonds. The van der Waals surface area contributed by atoms with Crippen molar-refractivity contribution in [2.75, 3.05) is 7.11 Å². The van der Waals surface area contributed by atoms with Gasteiger partial charge in [0.2, 0.25) is 0 Å². The first kappa shape index (κ1) is 26.2. The van der Waals surface area contributed by atoms with Gasteiger partial charge in [-0.05, 0) is 122 Å². The molecule has 0 aliphatic heterocycles. The molecule has 34 heavy (non-hydrogen) atoms. The molecule has 4 aliphatic carbocycles. The van der Waals surface area contributed by atoms with Gasteiger partial charge in [-0.1, -0.05) is 46.8 Å². The van der Waals surface area contributed by atoms with Gasteiger partial charge in [0.05, 0.1) is 13.2 Å². The summed E-state index contributed by atoms with van der Waals surface area (Å²) in [5.41, 5.74) is 2.49. The third kappa shape index (κ3) is 3.65. The summed E-state index contributed by atoms with van der Waals surface area (Å²) in [5, 5.41) is 10.3. The van der Waals surface area contributed by atoms with Crippen molar-refractivity contribution in [2.45, 2.75) is 118 Å². The highest BCUT2D eigenvalue weighted by molar-refractivity contribution is 5.69. The Kier molecular flexibility index (Phi) is 6.89. The Morgan fingerprint density at radius 1 is 1.03 bits per heavy atom. The van der Waals surface area contributed by atoms with Gasteiger partial charge in [0, 0.05) is 6.42 Å². The molecule has 4 saturated carbocycles. The van der Waals surface area contributed by atoms with Crippen LogP contribution in [0.25, 0.3) is 0 Å². The van der Waals surface area contributed by atoms with Crippen molar-refractivity contribution in [2.24, 2.45) is 51.2 Å². The maximum Gasteiger partial charge on any atom is 0.305 e. The molecule has 9 atom stereocenters. The first-order valence-corrected chi connectivity index (χ1v) is 14.3. The Hall–Kier alpha value is -0.830. The molecule has 3 heteroatoms. The number of hydrogen-bond donors (Lipinski definition) is 1. The maximum absolute atomic E-state index is 12.2. The van der Waals surface area contributed by atoms with Crippen LogP contribution in [-0.2, 0) is 9.53 Å². The monoisotopic (exact) mass is 472 g/mol. The smallest absolute Gasteiger partial charge is 0.305 e. The van der Waals surface area contributed by atoms with E-state index in [1.54, 1.807) is 0 Å². The van der Waals surface area contributed by atoms with Crippen LogP contribution in [0.2, 0.25) is 0 Å². The fourth-order valence-electron chi connectivity index (χ4n) is 10.5. The van der Waals surface area contributed by atoms with Crippen LogP contribution < -0.4 is 0 Å².